The molecule has 0 amide bonds. The molecule has 1 aliphatic heterocycles. The van der Waals surface area contributed by atoms with E-state index in [1.807, 2.05) is 0 Å². The topological polar surface area (TPSA) is 102 Å². The molecule has 0 aliphatic carbocycles. The molecule has 0 saturated heterocycles. The molecule has 0 saturated carbocycles. The van der Waals surface area contributed by atoms with E-state index in [0.717, 1.165) is 0 Å². The van der Waals surface area contributed by atoms with Crippen molar-refractivity contribution in [1.82, 2.24) is 10.3 Å². The number of hydrazine groups is 1. The third-order valence-electron chi connectivity index (χ3n) is 3.32. The van der Waals surface area contributed by atoms with Crippen LogP contribution in [-0.4, -0.2) is 20.8 Å². The fourth-order valence-corrected chi connectivity index (χ4v) is 2.54. The lowest BCUT2D eigenvalue weighted by molar-refractivity contribution is -0.384. The predicted molar refractivity (Wildman–Crippen MR) is 81.0 cm³/mol. The number of carbonyl (C=O) groups is 1. The molecule has 0 aromatic heterocycles. The molecule has 1 aromatic carbocycles. The van der Waals surface area contributed by atoms with Crippen LogP contribution in [0.25, 0.3) is 0 Å². The number of nitro groups is 1. The molecule has 1 atom stereocenters. The largest absolute Gasteiger partial charge is 0.350 e. The molecular weight excluding hydrogens is 292 g/mol. The minimum absolute atomic E-state index is 0.0454. The van der Waals surface area contributed by atoms with Crippen LogP contribution < -0.4 is 11.2 Å². The molecule has 0 unspecified atom stereocenters. The number of carbonyl (C=O) groups excluding carboxylic acids is 1. The summed E-state index contributed by atoms with van der Waals surface area (Å²) in [5, 5.41) is 15.3. The maximum atomic E-state index is 11.9. The fourth-order valence-electron chi connectivity index (χ4n) is 2.28. The van der Waals surface area contributed by atoms with E-state index >= 15 is 0 Å². The number of benzene rings is 1. The highest BCUT2D eigenvalue weighted by molar-refractivity contribution is 7.80. The number of nitrogens with zero attached hydrogens (tertiary/aromatic N) is 2. The van der Waals surface area contributed by atoms with Crippen LogP contribution in [0, 0.1) is 10.1 Å². The number of rotatable bonds is 3. The van der Waals surface area contributed by atoms with Gasteiger partial charge in [-0.3, -0.25) is 19.9 Å². The lowest BCUT2D eigenvalue weighted by Crippen LogP contribution is -2.50. The van der Waals surface area contributed by atoms with Crippen molar-refractivity contribution in [3.8, 4) is 0 Å². The summed E-state index contributed by atoms with van der Waals surface area (Å²) in [5.74, 6) is 5.61. The highest BCUT2D eigenvalue weighted by atomic mass is 32.1. The van der Waals surface area contributed by atoms with Gasteiger partial charge < -0.3 is 5.32 Å². The lowest BCUT2D eigenvalue weighted by atomic mass is 9.93. The Bertz CT molecular complexity index is 671. The summed E-state index contributed by atoms with van der Waals surface area (Å²) < 4.78 is 0. The van der Waals surface area contributed by atoms with Crippen molar-refractivity contribution in [1.29, 1.82) is 0 Å². The standard InChI is InChI=1S/C13H14N4O3S/c1-7-11(8(2)18)12(15-13(21)16(7)14)9-4-3-5-10(6-9)17(19)20/h3-6,12H,14H2,1-2H3,(H,15,21)/t12-/m1/s1. The predicted octanol–water partition coefficient (Wildman–Crippen LogP) is 1.56. The van der Waals surface area contributed by atoms with E-state index < -0.39 is 11.0 Å². The van der Waals surface area contributed by atoms with Gasteiger partial charge in [0.15, 0.2) is 10.9 Å². The van der Waals surface area contributed by atoms with Crippen LogP contribution in [0.2, 0.25) is 0 Å². The Morgan fingerprint density at radius 2 is 2.19 bits per heavy atom. The first-order chi connectivity index (χ1) is 9.82. The van der Waals surface area contributed by atoms with Crippen molar-refractivity contribution in [2.45, 2.75) is 19.9 Å². The zero-order chi connectivity index (χ0) is 15.7. The molecule has 0 spiro atoms. The minimum atomic E-state index is -0.547. The molecule has 7 nitrogen and oxygen atoms in total. The number of nitrogens with two attached hydrogens (primary N) is 1. The van der Waals surface area contributed by atoms with Crippen LogP contribution in [-0.2, 0) is 4.79 Å². The van der Waals surface area contributed by atoms with Gasteiger partial charge >= 0.3 is 0 Å². The molecule has 0 fully saturated rings. The Kier molecular flexibility index (Phi) is 4.01. The molecular formula is C13H14N4O3S. The van der Waals surface area contributed by atoms with E-state index in [0.29, 0.717) is 16.8 Å². The van der Waals surface area contributed by atoms with Crippen molar-refractivity contribution < 1.29 is 9.72 Å². The molecule has 3 N–H and O–H groups in total. The summed E-state index contributed by atoms with van der Waals surface area (Å²) in [7, 11) is 0. The normalized spacial score (nSPS) is 18.5. The zero-order valence-electron chi connectivity index (χ0n) is 11.5. The smallest absolute Gasteiger partial charge is 0.269 e. The van der Waals surface area contributed by atoms with Crippen molar-refractivity contribution in [3.05, 3.63) is 51.2 Å². The second-order valence-corrected chi connectivity index (χ2v) is 5.05. The zero-order valence-corrected chi connectivity index (χ0v) is 12.3. The van der Waals surface area contributed by atoms with E-state index in [-0.39, 0.29) is 16.6 Å². The SMILES string of the molecule is CC(=O)C1=C(C)N(N)C(=S)N[C@@H]1c1cccc([N+](=O)[O-])c1. The van der Waals surface area contributed by atoms with E-state index in [2.05, 4.69) is 5.32 Å². The van der Waals surface area contributed by atoms with Gasteiger partial charge in [0.05, 0.1) is 11.0 Å². The summed E-state index contributed by atoms with van der Waals surface area (Å²) >= 11 is 5.12. The molecule has 1 heterocycles. The Hall–Kier alpha value is -2.32. The molecule has 8 heteroatoms. The van der Waals surface area contributed by atoms with Crippen molar-refractivity contribution >= 4 is 28.8 Å². The monoisotopic (exact) mass is 306 g/mol. The van der Waals surface area contributed by atoms with Gasteiger partial charge in [-0.05, 0) is 31.6 Å². The summed E-state index contributed by atoms with van der Waals surface area (Å²) in [5.41, 5.74) is 1.51. The van der Waals surface area contributed by atoms with E-state index in [1.165, 1.54) is 24.1 Å². The molecule has 110 valence electrons. The Morgan fingerprint density at radius 3 is 2.76 bits per heavy atom. The van der Waals surface area contributed by atoms with Crippen LogP contribution in [0.1, 0.15) is 25.5 Å². The molecule has 0 bridgehead atoms. The van der Waals surface area contributed by atoms with Gasteiger partial charge in [0.25, 0.3) is 5.69 Å². The Morgan fingerprint density at radius 1 is 1.52 bits per heavy atom. The summed E-state index contributed by atoms with van der Waals surface area (Å²) in [4.78, 5) is 22.3. The second kappa shape index (κ2) is 5.58. The number of ketones is 1. The van der Waals surface area contributed by atoms with Crippen LogP contribution in [0.15, 0.2) is 35.5 Å². The molecule has 0 radical (unpaired) electrons. The molecule has 1 aliphatic rings. The van der Waals surface area contributed by atoms with Gasteiger partial charge in [0.2, 0.25) is 0 Å². The first-order valence-electron chi connectivity index (χ1n) is 6.14. The lowest BCUT2D eigenvalue weighted by Gasteiger charge is -2.34. The average molecular weight is 306 g/mol. The number of allylic oxidation sites excluding steroid dienone is 1. The van der Waals surface area contributed by atoms with Gasteiger partial charge in [0.1, 0.15) is 0 Å². The Balaban J connectivity index is 2.56. The number of hydrogen-bond donors (Lipinski definition) is 2. The quantitative estimate of drug-likeness (QED) is 0.378. The number of thiocarbonyl (C=S) groups is 1. The fraction of sp³-hybridized carbons (Fsp3) is 0.231. The van der Waals surface area contributed by atoms with Crippen molar-refractivity contribution in [2.24, 2.45) is 5.84 Å². The number of non-ortho nitro benzene ring substituents is 1. The van der Waals surface area contributed by atoms with Gasteiger partial charge in [-0.15, -0.1) is 0 Å². The van der Waals surface area contributed by atoms with Gasteiger partial charge in [0, 0.05) is 23.4 Å². The maximum absolute atomic E-state index is 11.9. The van der Waals surface area contributed by atoms with Crippen LogP contribution >= 0.6 is 12.2 Å². The number of hydrogen-bond acceptors (Lipinski definition) is 5. The number of nitrogens with one attached hydrogen (secondary N) is 1. The van der Waals surface area contributed by atoms with E-state index in [9.17, 15) is 14.9 Å². The maximum Gasteiger partial charge on any atom is 0.269 e. The van der Waals surface area contributed by atoms with Gasteiger partial charge in [-0.1, -0.05) is 12.1 Å². The highest BCUT2D eigenvalue weighted by Gasteiger charge is 2.31. The van der Waals surface area contributed by atoms with Gasteiger partial charge in [-0.2, -0.15) is 0 Å². The molecule has 2 rings (SSSR count). The van der Waals surface area contributed by atoms with Gasteiger partial charge in [-0.25, -0.2) is 5.84 Å². The number of Topliss-reactive ketones (excluding diaryl/α,β-unsaturated/α-hetero) is 1. The summed E-state index contributed by atoms with van der Waals surface area (Å²) in [6.45, 7) is 3.11. The molecule has 1 aromatic rings. The molecule has 21 heavy (non-hydrogen) atoms. The Labute approximate surface area is 126 Å². The summed E-state index contributed by atoms with van der Waals surface area (Å²) in [6, 6.07) is 5.54. The van der Waals surface area contributed by atoms with E-state index in [1.54, 1.807) is 19.1 Å². The third kappa shape index (κ3) is 2.76. The van der Waals surface area contributed by atoms with Crippen LogP contribution in [0.3, 0.4) is 0 Å². The minimum Gasteiger partial charge on any atom is -0.350 e. The first-order valence-corrected chi connectivity index (χ1v) is 6.55. The second-order valence-electron chi connectivity index (χ2n) is 4.66. The average Bonchev–Trinajstić information content (AvgIpc) is 2.44. The van der Waals surface area contributed by atoms with Crippen molar-refractivity contribution in [2.75, 3.05) is 0 Å². The van der Waals surface area contributed by atoms with Crippen LogP contribution in [0.4, 0.5) is 5.69 Å². The first kappa shape index (κ1) is 15.1. The van der Waals surface area contributed by atoms with Crippen molar-refractivity contribution in [3.63, 3.8) is 0 Å². The highest BCUT2D eigenvalue weighted by Crippen LogP contribution is 2.31. The summed E-state index contributed by atoms with van der Waals surface area (Å²) in [6.07, 6.45) is 0. The van der Waals surface area contributed by atoms with Crippen LogP contribution in [0.5, 0.6) is 0 Å². The third-order valence-corrected chi connectivity index (χ3v) is 3.63. The number of nitro benzene ring substituents is 1. The van der Waals surface area contributed by atoms with E-state index in [4.69, 9.17) is 18.1 Å².